The Bertz CT molecular complexity index is 332. The molecule has 1 aliphatic rings. The van der Waals surface area contributed by atoms with Gasteiger partial charge in [-0.2, -0.15) is 0 Å². The van der Waals surface area contributed by atoms with Gasteiger partial charge in [0.15, 0.2) is 0 Å². The first kappa shape index (κ1) is 15.4. The predicted molar refractivity (Wildman–Crippen MR) is 72.5 cm³/mol. The Morgan fingerprint density at radius 2 is 2.00 bits per heavy atom. The second kappa shape index (κ2) is 6.84. The number of rotatable bonds is 1. The van der Waals surface area contributed by atoms with E-state index >= 15 is 0 Å². The lowest BCUT2D eigenvalue weighted by Gasteiger charge is -2.15. The number of nitrogens with one attached hydrogen (secondary N) is 1. The Morgan fingerprint density at radius 1 is 1.25 bits per heavy atom. The third-order valence-corrected chi connectivity index (χ3v) is 2.41. The van der Waals surface area contributed by atoms with Crippen LogP contribution in [0.25, 0.3) is 0 Å². The molecule has 16 heavy (non-hydrogen) atoms. The van der Waals surface area contributed by atoms with Crippen LogP contribution in [0.4, 0.5) is 5.69 Å². The number of nitrogens with zero attached hydrogens (tertiary/aromatic N) is 1. The van der Waals surface area contributed by atoms with E-state index in [2.05, 4.69) is 28.4 Å². The number of benzene rings is 1. The summed E-state index contributed by atoms with van der Waals surface area (Å²) in [6, 6.07) is 6.31. The standard InChI is InChI=1S/C11H16N2O.2ClH/c1-13(2)10-3-4-11-9(7-10)8-12-5-6-14-11;;/h3-4,7,12H,5-6,8H2,1-2H3;2*1H. The van der Waals surface area contributed by atoms with Crippen LogP contribution in [-0.2, 0) is 6.54 Å². The zero-order valence-corrected chi connectivity index (χ0v) is 11.2. The molecule has 0 unspecified atom stereocenters. The van der Waals surface area contributed by atoms with Gasteiger partial charge in [-0.25, -0.2) is 0 Å². The number of hydrogen-bond acceptors (Lipinski definition) is 3. The molecule has 0 amide bonds. The molecule has 1 aliphatic heterocycles. The largest absolute Gasteiger partial charge is 0.492 e. The van der Waals surface area contributed by atoms with Crippen molar-refractivity contribution in [2.24, 2.45) is 0 Å². The van der Waals surface area contributed by atoms with Gasteiger partial charge in [0.1, 0.15) is 12.4 Å². The van der Waals surface area contributed by atoms with E-state index in [-0.39, 0.29) is 24.8 Å². The summed E-state index contributed by atoms with van der Waals surface area (Å²) >= 11 is 0. The van der Waals surface area contributed by atoms with Crippen molar-refractivity contribution in [1.29, 1.82) is 0 Å². The number of ether oxygens (including phenoxy) is 1. The van der Waals surface area contributed by atoms with E-state index < -0.39 is 0 Å². The van der Waals surface area contributed by atoms with E-state index in [4.69, 9.17) is 4.74 Å². The molecule has 5 heteroatoms. The molecule has 3 nitrogen and oxygen atoms in total. The zero-order chi connectivity index (χ0) is 9.97. The molecule has 0 atom stereocenters. The molecule has 1 aromatic carbocycles. The highest BCUT2D eigenvalue weighted by Crippen LogP contribution is 2.25. The van der Waals surface area contributed by atoms with Gasteiger partial charge in [0.2, 0.25) is 0 Å². The van der Waals surface area contributed by atoms with Crippen LogP contribution < -0.4 is 15.0 Å². The fourth-order valence-electron chi connectivity index (χ4n) is 1.58. The van der Waals surface area contributed by atoms with Crippen LogP contribution in [0.3, 0.4) is 0 Å². The third kappa shape index (κ3) is 3.44. The lowest BCUT2D eigenvalue weighted by atomic mass is 10.1. The van der Waals surface area contributed by atoms with Crippen LogP contribution in [0.5, 0.6) is 5.75 Å². The molecule has 0 saturated heterocycles. The van der Waals surface area contributed by atoms with Gasteiger partial charge in [0, 0.05) is 38.4 Å². The maximum Gasteiger partial charge on any atom is 0.123 e. The first-order chi connectivity index (χ1) is 6.77. The quantitative estimate of drug-likeness (QED) is 0.841. The van der Waals surface area contributed by atoms with Crippen molar-refractivity contribution in [2.45, 2.75) is 6.54 Å². The molecule has 0 aromatic heterocycles. The molecule has 1 heterocycles. The van der Waals surface area contributed by atoms with Gasteiger partial charge < -0.3 is 15.0 Å². The smallest absolute Gasteiger partial charge is 0.123 e. The zero-order valence-electron chi connectivity index (χ0n) is 9.53. The lowest BCUT2D eigenvalue weighted by molar-refractivity contribution is 0.326. The summed E-state index contributed by atoms with van der Waals surface area (Å²) in [6.45, 7) is 2.58. The maximum absolute atomic E-state index is 5.60. The Morgan fingerprint density at radius 3 is 2.69 bits per heavy atom. The van der Waals surface area contributed by atoms with Crippen LogP contribution in [0.15, 0.2) is 18.2 Å². The van der Waals surface area contributed by atoms with Crippen LogP contribution in [0.1, 0.15) is 5.56 Å². The average molecular weight is 265 g/mol. The molecular weight excluding hydrogens is 247 g/mol. The van der Waals surface area contributed by atoms with Gasteiger partial charge in [-0.1, -0.05) is 0 Å². The highest BCUT2D eigenvalue weighted by atomic mass is 35.5. The highest BCUT2D eigenvalue weighted by molar-refractivity contribution is 5.85. The van der Waals surface area contributed by atoms with E-state index in [1.807, 2.05) is 14.1 Å². The summed E-state index contributed by atoms with van der Waals surface area (Å²) in [5.74, 6) is 1.01. The Labute approximate surface area is 109 Å². The van der Waals surface area contributed by atoms with Crippen LogP contribution in [-0.4, -0.2) is 27.2 Å². The Balaban J connectivity index is 0.00000112. The van der Waals surface area contributed by atoms with Gasteiger partial charge >= 0.3 is 0 Å². The normalized spacial score (nSPS) is 13.4. The van der Waals surface area contributed by atoms with E-state index in [1.165, 1.54) is 11.3 Å². The summed E-state index contributed by atoms with van der Waals surface area (Å²) < 4.78 is 5.60. The van der Waals surface area contributed by atoms with Gasteiger partial charge in [-0.3, -0.25) is 0 Å². The van der Waals surface area contributed by atoms with Crippen molar-refractivity contribution in [3.8, 4) is 5.75 Å². The van der Waals surface area contributed by atoms with Gasteiger partial charge in [-0.05, 0) is 18.2 Å². The minimum Gasteiger partial charge on any atom is -0.492 e. The molecule has 1 N–H and O–H groups in total. The van der Waals surface area contributed by atoms with Crippen molar-refractivity contribution >= 4 is 30.5 Å². The number of halogens is 2. The van der Waals surface area contributed by atoms with E-state index in [9.17, 15) is 0 Å². The van der Waals surface area contributed by atoms with Gasteiger partial charge in [0.25, 0.3) is 0 Å². The minimum atomic E-state index is 0. The molecule has 0 aliphatic carbocycles. The highest BCUT2D eigenvalue weighted by Gasteiger charge is 2.09. The molecule has 0 bridgehead atoms. The summed E-state index contributed by atoms with van der Waals surface area (Å²) in [5.41, 5.74) is 2.46. The Hall–Kier alpha value is -0.640. The number of hydrogen-bond donors (Lipinski definition) is 1. The fraction of sp³-hybridized carbons (Fsp3) is 0.455. The fourth-order valence-corrected chi connectivity index (χ4v) is 1.58. The van der Waals surface area contributed by atoms with Gasteiger partial charge in [0.05, 0.1) is 0 Å². The predicted octanol–water partition coefficient (Wildman–Crippen LogP) is 2.08. The number of anilines is 1. The topological polar surface area (TPSA) is 24.5 Å². The molecule has 92 valence electrons. The average Bonchev–Trinajstić information content (AvgIpc) is 2.41. The molecule has 0 spiro atoms. The second-order valence-electron chi connectivity index (χ2n) is 3.71. The molecule has 1 aromatic rings. The summed E-state index contributed by atoms with van der Waals surface area (Å²) in [5, 5.41) is 3.33. The van der Waals surface area contributed by atoms with Crippen LogP contribution in [0.2, 0.25) is 0 Å². The lowest BCUT2D eigenvalue weighted by Crippen LogP contribution is -2.16. The van der Waals surface area contributed by atoms with E-state index in [1.54, 1.807) is 0 Å². The summed E-state index contributed by atoms with van der Waals surface area (Å²) in [4.78, 5) is 2.10. The second-order valence-corrected chi connectivity index (χ2v) is 3.71. The molecule has 2 rings (SSSR count). The van der Waals surface area contributed by atoms with E-state index in [0.717, 1.165) is 25.4 Å². The minimum absolute atomic E-state index is 0. The first-order valence-corrected chi connectivity index (χ1v) is 4.91. The SMILES string of the molecule is CN(C)c1ccc2c(c1)CNCCO2.Cl.Cl. The third-order valence-electron chi connectivity index (χ3n) is 2.41. The van der Waals surface area contributed by atoms with Crippen molar-refractivity contribution in [3.05, 3.63) is 23.8 Å². The van der Waals surface area contributed by atoms with Crippen molar-refractivity contribution in [3.63, 3.8) is 0 Å². The molecule has 0 radical (unpaired) electrons. The molecule has 0 saturated carbocycles. The molecule has 0 fully saturated rings. The molecular formula is C11H18Cl2N2O. The maximum atomic E-state index is 5.60. The Kier molecular flexibility index (Phi) is 6.56. The van der Waals surface area contributed by atoms with Crippen molar-refractivity contribution < 1.29 is 4.74 Å². The van der Waals surface area contributed by atoms with Crippen molar-refractivity contribution in [1.82, 2.24) is 5.32 Å². The van der Waals surface area contributed by atoms with Crippen molar-refractivity contribution in [2.75, 3.05) is 32.1 Å². The first-order valence-electron chi connectivity index (χ1n) is 4.91. The van der Waals surface area contributed by atoms with Gasteiger partial charge in [-0.15, -0.1) is 24.8 Å². The van der Waals surface area contributed by atoms with E-state index in [0.29, 0.717) is 0 Å². The monoisotopic (exact) mass is 264 g/mol. The summed E-state index contributed by atoms with van der Waals surface area (Å²) in [7, 11) is 4.10. The van der Waals surface area contributed by atoms with Crippen LogP contribution in [0, 0.1) is 0 Å². The number of fused-ring (bicyclic) bond motifs is 1. The summed E-state index contributed by atoms with van der Waals surface area (Å²) in [6.07, 6.45) is 0. The van der Waals surface area contributed by atoms with Crippen LogP contribution >= 0.6 is 24.8 Å².